The molecule has 0 aliphatic heterocycles. The van der Waals surface area contributed by atoms with Crippen molar-refractivity contribution in [3.05, 3.63) is 29.8 Å². The lowest BCUT2D eigenvalue weighted by Gasteiger charge is -2.09. The molecule has 1 aromatic carbocycles. The zero-order valence-electron chi connectivity index (χ0n) is 9.77. The molecule has 1 atom stereocenters. The summed E-state index contributed by atoms with van der Waals surface area (Å²) in [6.45, 7) is 2.04. The number of benzene rings is 1. The van der Waals surface area contributed by atoms with E-state index in [9.17, 15) is 4.79 Å². The number of rotatable bonds is 5. The summed E-state index contributed by atoms with van der Waals surface area (Å²) < 4.78 is 4.62. The molecule has 0 unspecified atom stereocenters. The van der Waals surface area contributed by atoms with Crippen LogP contribution in [0.25, 0.3) is 0 Å². The van der Waals surface area contributed by atoms with Crippen molar-refractivity contribution in [3.63, 3.8) is 0 Å². The average Bonchev–Trinajstić information content (AvgIpc) is 2.28. The highest BCUT2D eigenvalue weighted by molar-refractivity contribution is 5.69. The Kier molecular flexibility index (Phi) is 4.83. The van der Waals surface area contributed by atoms with Crippen LogP contribution in [0.3, 0.4) is 0 Å². The molecule has 0 amide bonds. The van der Waals surface area contributed by atoms with E-state index in [0.29, 0.717) is 12.3 Å². The minimum Gasteiger partial charge on any atom is -0.508 e. The molecule has 3 heteroatoms. The number of ether oxygens (including phenoxy) is 1. The zero-order valence-corrected chi connectivity index (χ0v) is 9.77. The minimum absolute atomic E-state index is 0.154. The molecule has 88 valence electrons. The summed E-state index contributed by atoms with van der Waals surface area (Å²) in [5.41, 5.74) is 1.18. The summed E-state index contributed by atoms with van der Waals surface area (Å²) in [5, 5.41) is 9.12. The second-order valence-corrected chi connectivity index (χ2v) is 4.09. The van der Waals surface area contributed by atoms with Crippen LogP contribution in [0.4, 0.5) is 0 Å². The van der Waals surface area contributed by atoms with Crippen LogP contribution in [-0.2, 0) is 16.0 Å². The van der Waals surface area contributed by atoms with Gasteiger partial charge in [0, 0.05) is 6.42 Å². The van der Waals surface area contributed by atoms with E-state index >= 15 is 0 Å². The van der Waals surface area contributed by atoms with E-state index in [1.165, 1.54) is 12.7 Å². The van der Waals surface area contributed by atoms with Crippen molar-refractivity contribution in [3.8, 4) is 5.75 Å². The molecule has 0 aliphatic rings. The third kappa shape index (κ3) is 4.34. The van der Waals surface area contributed by atoms with Crippen LogP contribution < -0.4 is 0 Å². The molecule has 16 heavy (non-hydrogen) atoms. The number of methoxy groups -OCH3 is 1. The van der Waals surface area contributed by atoms with E-state index in [1.807, 2.05) is 19.1 Å². The molecule has 1 aromatic rings. The van der Waals surface area contributed by atoms with Gasteiger partial charge in [-0.1, -0.05) is 19.1 Å². The summed E-state index contributed by atoms with van der Waals surface area (Å²) in [6.07, 6.45) is 2.33. The smallest absolute Gasteiger partial charge is 0.305 e. The van der Waals surface area contributed by atoms with Crippen LogP contribution in [0.15, 0.2) is 24.3 Å². The lowest BCUT2D eigenvalue weighted by atomic mass is 9.98. The van der Waals surface area contributed by atoms with Gasteiger partial charge in [0.05, 0.1) is 7.11 Å². The molecule has 0 fully saturated rings. The predicted octanol–water partition coefficient (Wildman–Crippen LogP) is 2.52. The van der Waals surface area contributed by atoms with E-state index in [-0.39, 0.29) is 11.7 Å². The Labute approximate surface area is 96.1 Å². The summed E-state index contributed by atoms with van der Waals surface area (Å²) in [4.78, 5) is 11.0. The number of carbonyl (C=O) groups excluding carboxylic acids is 1. The average molecular weight is 222 g/mol. The van der Waals surface area contributed by atoms with Crippen molar-refractivity contribution < 1.29 is 14.6 Å². The van der Waals surface area contributed by atoms with Crippen molar-refractivity contribution in [1.29, 1.82) is 0 Å². The Morgan fingerprint density at radius 3 is 2.56 bits per heavy atom. The first-order valence-electron chi connectivity index (χ1n) is 5.46. The highest BCUT2D eigenvalue weighted by Gasteiger charge is 2.09. The maximum absolute atomic E-state index is 11.0. The van der Waals surface area contributed by atoms with E-state index < -0.39 is 0 Å². The fraction of sp³-hybridized carbons (Fsp3) is 0.462. The van der Waals surface area contributed by atoms with Crippen LogP contribution in [0.2, 0.25) is 0 Å². The van der Waals surface area contributed by atoms with Crippen molar-refractivity contribution in [1.82, 2.24) is 0 Å². The number of aromatic hydroxyl groups is 1. The maximum Gasteiger partial charge on any atom is 0.305 e. The normalized spacial score (nSPS) is 12.1. The van der Waals surface area contributed by atoms with Gasteiger partial charge < -0.3 is 9.84 Å². The Balaban J connectivity index is 2.34. The quantitative estimate of drug-likeness (QED) is 0.779. The van der Waals surface area contributed by atoms with Crippen LogP contribution >= 0.6 is 0 Å². The van der Waals surface area contributed by atoms with E-state index in [2.05, 4.69) is 4.74 Å². The van der Waals surface area contributed by atoms with Gasteiger partial charge in [-0.15, -0.1) is 0 Å². The van der Waals surface area contributed by atoms with Gasteiger partial charge >= 0.3 is 5.97 Å². The maximum atomic E-state index is 11.0. The molecule has 1 N–H and O–H groups in total. The van der Waals surface area contributed by atoms with E-state index in [1.54, 1.807) is 12.1 Å². The van der Waals surface area contributed by atoms with E-state index in [0.717, 1.165) is 12.8 Å². The first-order chi connectivity index (χ1) is 7.61. The molecule has 0 aliphatic carbocycles. The standard InChI is InChI=1S/C13H18O3/c1-10(9-13(15)16-2)3-4-11-5-7-12(14)8-6-11/h5-8,10,14H,3-4,9H2,1-2H3/t10-/m0/s1. The molecule has 0 heterocycles. The topological polar surface area (TPSA) is 46.5 Å². The number of hydrogen-bond donors (Lipinski definition) is 1. The number of esters is 1. The Bertz CT molecular complexity index is 330. The highest BCUT2D eigenvalue weighted by atomic mass is 16.5. The predicted molar refractivity (Wildman–Crippen MR) is 62.2 cm³/mol. The van der Waals surface area contributed by atoms with Crippen molar-refractivity contribution in [2.45, 2.75) is 26.2 Å². The number of hydrogen-bond acceptors (Lipinski definition) is 3. The van der Waals surface area contributed by atoms with Gasteiger partial charge in [0.2, 0.25) is 0 Å². The lowest BCUT2D eigenvalue weighted by molar-refractivity contribution is -0.141. The monoisotopic (exact) mass is 222 g/mol. The van der Waals surface area contributed by atoms with Gasteiger partial charge in [-0.05, 0) is 36.5 Å². The minimum atomic E-state index is -0.154. The van der Waals surface area contributed by atoms with Crippen LogP contribution in [-0.4, -0.2) is 18.2 Å². The SMILES string of the molecule is COC(=O)C[C@@H](C)CCc1ccc(O)cc1. The molecular formula is C13H18O3. The second kappa shape index (κ2) is 6.16. The van der Waals surface area contributed by atoms with Gasteiger partial charge in [0.1, 0.15) is 5.75 Å². The molecule has 0 aromatic heterocycles. The summed E-state index contributed by atoms with van der Waals surface area (Å²) in [6, 6.07) is 7.17. The number of phenols is 1. The van der Waals surface area contributed by atoms with Crippen LogP contribution in [0, 0.1) is 5.92 Å². The first kappa shape index (κ1) is 12.6. The summed E-state index contributed by atoms with van der Waals surface area (Å²) in [5.74, 6) is 0.450. The van der Waals surface area contributed by atoms with Crippen molar-refractivity contribution >= 4 is 5.97 Å². The zero-order chi connectivity index (χ0) is 12.0. The number of aryl methyl sites for hydroxylation is 1. The molecule has 0 spiro atoms. The third-order valence-electron chi connectivity index (χ3n) is 2.60. The van der Waals surface area contributed by atoms with E-state index in [4.69, 9.17) is 5.11 Å². The fourth-order valence-electron chi connectivity index (χ4n) is 1.55. The third-order valence-corrected chi connectivity index (χ3v) is 2.60. The molecule has 0 radical (unpaired) electrons. The van der Waals surface area contributed by atoms with Gasteiger partial charge in [-0.3, -0.25) is 4.79 Å². The second-order valence-electron chi connectivity index (χ2n) is 4.09. The Hall–Kier alpha value is -1.51. The lowest BCUT2D eigenvalue weighted by Crippen LogP contribution is -2.07. The van der Waals surface area contributed by atoms with Gasteiger partial charge in [0.15, 0.2) is 0 Å². The first-order valence-corrected chi connectivity index (χ1v) is 5.46. The van der Waals surface area contributed by atoms with Crippen LogP contribution in [0.1, 0.15) is 25.3 Å². The molecule has 3 nitrogen and oxygen atoms in total. The number of carbonyl (C=O) groups is 1. The fourth-order valence-corrected chi connectivity index (χ4v) is 1.55. The van der Waals surface area contributed by atoms with Gasteiger partial charge in [-0.25, -0.2) is 0 Å². The van der Waals surface area contributed by atoms with Crippen LogP contribution in [0.5, 0.6) is 5.75 Å². The molecular weight excluding hydrogens is 204 g/mol. The Morgan fingerprint density at radius 2 is 2.00 bits per heavy atom. The number of phenolic OH excluding ortho intramolecular Hbond substituents is 1. The largest absolute Gasteiger partial charge is 0.508 e. The molecule has 0 saturated heterocycles. The highest BCUT2D eigenvalue weighted by Crippen LogP contribution is 2.15. The Morgan fingerprint density at radius 1 is 1.38 bits per heavy atom. The molecule has 1 rings (SSSR count). The summed E-state index contributed by atoms with van der Waals surface area (Å²) in [7, 11) is 1.41. The van der Waals surface area contributed by atoms with Gasteiger partial charge in [0.25, 0.3) is 0 Å². The van der Waals surface area contributed by atoms with Crippen molar-refractivity contribution in [2.75, 3.05) is 7.11 Å². The summed E-state index contributed by atoms with van der Waals surface area (Å²) >= 11 is 0. The molecule has 0 saturated carbocycles. The van der Waals surface area contributed by atoms with Gasteiger partial charge in [-0.2, -0.15) is 0 Å². The van der Waals surface area contributed by atoms with Crippen molar-refractivity contribution in [2.24, 2.45) is 5.92 Å². The molecule has 0 bridgehead atoms.